The van der Waals surface area contributed by atoms with Crippen molar-refractivity contribution in [2.75, 3.05) is 0 Å². The summed E-state index contributed by atoms with van der Waals surface area (Å²) in [5.74, 6) is 1.75. The van der Waals surface area contributed by atoms with Crippen molar-refractivity contribution in [3.8, 4) is 0 Å². The third-order valence-electron chi connectivity index (χ3n) is 4.68. The molecule has 2 aromatic heterocycles. The number of alkyl halides is 1. The molecule has 0 aliphatic heterocycles. The summed E-state index contributed by atoms with van der Waals surface area (Å²) in [7, 11) is 2.02. The van der Waals surface area contributed by atoms with E-state index in [1.807, 2.05) is 18.7 Å². The van der Waals surface area contributed by atoms with Crippen LogP contribution in [0.3, 0.4) is 0 Å². The summed E-state index contributed by atoms with van der Waals surface area (Å²) in [6.45, 7) is 5.18. The second-order valence-corrected chi connectivity index (χ2v) is 6.95. The number of rotatable bonds is 4. The first-order chi connectivity index (χ1) is 10.1. The lowest BCUT2D eigenvalue weighted by Crippen LogP contribution is -2.17. The molecule has 21 heavy (non-hydrogen) atoms. The molecule has 0 bridgehead atoms. The molecule has 5 heteroatoms. The Morgan fingerprint density at radius 2 is 2.00 bits per heavy atom. The van der Waals surface area contributed by atoms with Gasteiger partial charge in [0.05, 0.1) is 11.1 Å². The lowest BCUT2D eigenvalue weighted by molar-refractivity contribution is 0.317. The van der Waals surface area contributed by atoms with Crippen molar-refractivity contribution in [3.05, 3.63) is 11.5 Å². The highest BCUT2D eigenvalue weighted by molar-refractivity contribution is 6.20. The molecule has 0 radical (unpaired) electrons. The van der Waals surface area contributed by atoms with Crippen LogP contribution in [0.1, 0.15) is 62.8 Å². The summed E-state index contributed by atoms with van der Waals surface area (Å²) in [6.07, 6.45) is 7.68. The summed E-state index contributed by atoms with van der Waals surface area (Å²) in [6, 6.07) is 0. The van der Waals surface area contributed by atoms with Gasteiger partial charge in [-0.2, -0.15) is 5.10 Å². The van der Waals surface area contributed by atoms with Crippen LogP contribution in [0.2, 0.25) is 0 Å². The molecule has 0 amide bonds. The summed E-state index contributed by atoms with van der Waals surface area (Å²) in [5, 5.41) is 4.55. The Bertz CT molecular complexity index is 620. The Morgan fingerprint density at radius 1 is 1.29 bits per heavy atom. The quantitative estimate of drug-likeness (QED) is 0.793. The van der Waals surface area contributed by atoms with Crippen LogP contribution in [0.4, 0.5) is 0 Å². The van der Waals surface area contributed by atoms with Gasteiger partial charge in [0.15, 0.2) is 5.65 Å². The topological polar surface area (TPSA) is 35.6 Å². The summed E-state index contributed by atoms with van der Waals surface area (Å²) in [5.41, 5.74) is 3.26. The van der Waals surface area contributed by atoms with Crippen LogP contribution >= 0.6 is 11.6 Å². The van der Waals surface area contributed by atoms with Crippen molar-refractivity contribution in [1.82, 2.24) is 19.3 Å². The average molecular weight is 309 g/mol. The van der Waals surface area contributed by atoms with Gasteiger partial charge in [-0.15, -0.1) is 11.6 Å². The van der Waals surface area contributed by atoms with Crippen LogP contribution in [0.25, 0.3) is 11.2 Å². The molecule has 1 unspecified atom stereocenters. The van der Waals surface area contributed by atoms with Gasteiger partial charge >= 0.3 is 0 Å². The number of aromatic nitrogens is 4. The van der Waals surface area contributed by atoms with Crippen molar-refractivity contribution < 1.29 is 0 Å². The fraction of sp³-hybridized carbons (Fsp3) is 0.750. The maximum atomic E-state index is 6.39. The maximum absolute atomic E-state index is 6.39. The van der Waals surface area contributed by atoms with E-state index in [4.69, 9.17) is 16.6 Å². The van der Waals surface area contributed by atoms with E-state index in [1.54, 1.807) is 0 Å². The Morgan fingerprint density at radius 3 is 2.62 bits per heavy atom. The number of nitrogens with zero attached hydrogens (tertiary/aromatic N) is 4. The first kappa shape index (κ1) is 14.9. The minimum atomic E-state index is -0.0642. The molecule has 1 saturated carbocycles. The molecular formula is C16H25ClN4. The normalized spacial score (nSPS) is 18.5. The smallest absolute Gasteiger partial charge is 0.158 e. The molecule has 1 aliphatic carbocycles. The molecule has 1 aliphatic rings. The van der Waals surface area contributed by atoms with E-state index >= 15 is 0 Å². The number of fused-ring (bicyclic) bond motifs is 1. The van der Waals surface area contributed by atoms with E-state index in [0.29, 0.717) is 0 Å². The first-order valence-corrected chi connectivity index (χ1v) is 8.61. The highest BCUT2D eigenvalue weighted by atomic mass is 35.5. The molecule has 1 atom stereocenters. The molecule has 3 rings (SSSR count). The van der Waals surface area contributed by atoms with Gasteiger partial charge in [0.2, 0.25) is 0 Å². The fourth-order valence-electron chi connectivity index (χ4n) is 3.61. The standard InChI is InChI=1S/C16H25ClN4/c1-4-13-14-16(20(3)19-13)21(15(18-14)11(2)17)10-12-8-6-5-7-9-12/h11-12H,4-10H2,1-3H3. The Hall–Kier alpha value is -1.03. The molecule has 2 heterocycles. The van der Waals surface area contributed by atoms with E-state index < -0.39 is 0 Å². The first-order valence-electron chi connectivity index (χ1n) is 8.17. The van der Waals surface area contributed by atoms with Crippen LogP contribution in [-0.2, 0) is 20.0 Å². The van der Waals surface area contributed by atoms with Gasteiger partial charge in [0.25, 0.3) is 0 Å². The summed E-state index contributed by atoms with van der Waals surface area (Å²) >= 11 is 6.39. The summed E-state index contributed by atoms with van der Waals surface area (Å²) < 4.78 is 4.31. The highest BCUT2D eigenvalue weighted by Gasteiger charge is 2.23. The number of hydrogen-bond donors (Lipinski definition) is 0. The van der Waals surface area contributed by atoms with Gasteiger partial charge < -0.3 is 4.57 Å². The Balaban J connectivity index is 2.04. The van der Waals surface area contributed by atoms with Gasteiger partial charge in [-0.1, -0.05) is 26.2 Å². The largest absolute Gasteiger partial charge is 0.311 e. The van der Waals surface area contributed by atoms with E-state index in [-0.39, 0.29) is 5.38 Å². The van der Waals surface area contributed by atoms with Crippen molar-refractivity contribution >= 4 is 22.8 Å². The third kappa shape index (κ3) is 2.70. The van der Waals surface area contributed by atoms with Crippen LogP contribution in [-0.4, -0.2) is 19.3 Å². The molecule has 0 saturated heterocycles. The molecule has 116 valence electrons. The zero-order valence-electron chi connectivity index (χ0n) is 13.3. The molecule has 0 N–H and O–H groups in total. The van der Waals surface area contributed by atoms with E-state index in [0.717, 1.165) is 41.6 Å². The third-order valence-corrected chi connectivity index (χ3v) is 4.87. The van der Waals surface area contributed by atoms with Crippen molar-refractivity contribution in [2.45, 2.75) is 64.3 Å². The van der Waals surface area contributed by atoms with Crippen molar-refractivity contribution in [1.29, 1.82) is 0 Å². The molecule has 0 aromatic carbocycles. The average Bonchev–Trinajstić information content (AvgIpc) is 2.99. The van der Waals surface area contributed by atoms with Gasteiger partial charge in [0, 0.05) is 13.6 Å². The predicted molar refractivity (Wildman–Crippen MR) is 86.7 cm³/mol. The maximum Gasteiger partial charge on any atom is 0.158 e. The van der Waals surface area contributed by atoms with Gasteiger partial charge in [-0.25, -0.2) is 4.98 Å². The second-order valence-electron chi connectivity index (χ2n) is 6.30. The Kier molecular flexibility index (Phi) is 4.25. The van der Waals surface area contributed by atoms with E-state index in [1.165, 1.54) is 32.1 Å². The van der Waals surface area contributed by atoms with Crippen molar-refractivity contribution in [2.24, 2.45) is 13.0 Å². The van der Waals surface area contributed by atoms with Crippen molar-refractivity contribution in [3.63, 3.8) is 0 Å². The monoisotopic (exact) mass is 308 g/mol. The molecule has 0 spiro atoms. The lowest BCUT2D eigenvalue weighted by atomic mass is 9.89. The SMILES string of the molecule is CCc1nn(C)c2c1nc(C(C)Cl)n2CC1CCCCC1. The minimum absolute atomic E-state index is 0.0642. The molecule has 1 fully saturated rings. The number of aryl methyl sites for hydroxylation is 2. The van der Waals surface area contributed by atoms with Gasteiger partial charge in [0.1, 0.15) is 11.3 Å². The predicted octanol–water partition coefficient (Wildman–Crippen LogP) is 4.21. The highest BCUT2D eigenvalue weighted by Crippen LogP contribution is 2.31. The zero-order valence-corrected chi connectivity index (χ0v) is 14.0. The van der Waals surface area contributed by atoms with Crippen LogP contribution < -0.4 is 0 Å². The van der Waals surface area contributed by atoms with Gasteiger partial charge in [-0.3, -0.25) is 4.68 Å². The zero-order chi connectivity index (χ0) is 15.0. The number of hydrogen-bond acceptors (Lipinski definition) is 2. The fourth-order valence-corrected chi connectivity index (χ4v) is 3.77. The van der Waals surface area contributed by atoms with Crippen LogP contribution in [0.15, 0.2) is 0 Å². The number of halogens is 1. The number of imidazole rings is 1. The second kappa shape index (κ2) is 5.99. The molecule has 4 nitrogen and oxygen atoms in total. The van der Waals surface area contributed by atoms with Crippen LogP contribution in [0, 0.1) is 5.92 Å². The molecule has 2 aromatic rings. The molecular weight excluding hydrogens is 284 g/mol. The lowest BCUT2D eigenvalue weighted by Gasteiger charge is -2.23. The Labute approximate surface area is 131 Å². The van der Waals surface area contributed by atoms with Gasteiger partial charge in [-0.05, 0) is 32.1 Å². The minimum Gasteiger partial charge on any atom is -0.311 e. The van der Waals surface area contributed by atoms with Crippen LogP contribution in [0.5, 0.6) is 0 Å². The summed E-state index contributed by atoms with van der Waals surface area (Å²) in [4.78, 5) is 4.82. The van der Waals surface area contributed by atoms with E-state index in [2.05, 4.69) is 16.6 Å². The van der Waals surface area contributed by atoms with E-state index in [9.17, 15) is 0 Å².